The van der Waals surface area contributed by atoms with E-state index in [1.807, 2.05) is 0 Å². The van der Waals surface area contributed by atoms with Crippen molar-refractivity contribution in [2.75, 3.05) is 13.1 Å². The minimum atomic E-state index is -0.0687. The van der Waals surface area contributed by atoms with Gasteiger partial charge in [-0.25, -0.2) is 0 Å². The summed E-state index contributed by atoms with van der Waals surface area (Å²) in [6.07, 6.45) is 2.47. The average Bonchev–Trinajstić information content (AvgIpc) is 3.21. The minimum Gasteiger partial charge on any atom is -0.348 e. The third kappa shape index (κ3) is 3.94. The van der Waals surface area contributed by atoms with Crippen LogP contribution in [0.1, 0.15) is 41.0 Å². The van der Waals surface area contributed by atoms with E-state index in [2.05, 4.69) is 34.7 Å². The van der Waals surface area contributed by atoms with Crippen molar-refractivity contribution < 1.29 is 4.79 Å². The van der Waals surface area contributed by atoms with Crippen molar-refractivity contribution in [3.8, 4) is 0 Å². The monoisotopic (exact) mass is 348 g/mol. The largest absolute Gasteiger partial charge is 0.348 e. The fourth-order valence-corrected chi connectivity index (χ4v) is 4.37. The van der Waals surface area contributed by atoms with Crippen LogP contribution in [-0.4, -0.2) is 29.9 Å². The zero-order valence-corrected chi connectivity index (χ0v) is 14.7. The van der Waals surface area contributed by atoms with E-state index in [9.17, 15) is 4.79 Å². The number of benzene rings is 1. The Balaban J connectivity index is 1.75. The van der Waals surface area contributed by atoms with Crippen LogP contribution in [0, 0.1) is 0 Å². The van der Waals surface area contributed by atoms with Crippen LogP contribution >= 0.6 is 22.9 Å². The van der Waals surface area contributed by atoms with E-state index in [0.717, 1.165) is 13.1 Å². The molecule has 0 aliphatic carbocycles. The molecule has 1 fully saturated rings. The second-order valence-electron chi connectivity index (χ2n) is 5.98. The van der Waals surface area contributed by atoms with Gasteiger partial charge in [-0.05, 0) is 62.5 Å². The first-order chi connectivity index (χ1) is 11.1. The van der Waals surface area contributed by atoms with Gasteiger partial charge in [0.2, 0.25) is 0 Å². The Kier molecular flexibility index (Phi) is 5.36. The highest BCUT2D eigenvalue weighted by molar-refractivity contribution is 7.10. The second-order valence-corrected chi connectivity index (χ2v) is 7.39. The first kappa shape index (κ1) is 16.5. The molecule has 2 heterocycles. The van der Waals surface area contributed by atoms with Crippen LogP contribution in [0.5, 0.6) is 0 Å². The minimum absolute atomic E-state index is 0.0400. The lowest BCUT2D eigenvalue weighted by Gasteiger charge is -2.32. The van der Waals surface area contributed by atoms with E-state index in [4.69, 9.17) is 11.6 Å². The molecule has 1 aromatic carbocycles. The number of nitrogens with zero attached hydrogens (tertiary/aromatic N) is 1. The maximum absolute atomic E-state index is 12.5. The smallest absolute Gasteiger partial charge is 0.251 e. The van der Waals surface area contributed by atoms with Gasteiger partial charge < -0.3 is 5.32 Å². The van der Waals surface area contributed by atoms with Gasteiger partial charge in [-0.2, -0.15) is 0 Å². The zero-order valence-electron chi connectivity index (χ0n) is 13.2. The van der Waals surface area contributed by atoms with Gasteiger partial charge in [-0.1, -0.05) is 23.7 Å². The molecule has 1 aliphatic rings. The topological polar surface area (TPSA) is 32.3 Å². The van der Waals surface area contributed by atoms with E-state index in [1.54, 1.807) is 35.6 Å². The molecule has 0 spiro atoms. The molecule has 23 heavy (non-hydrogen) atoms. The summed E-state index contributed by atoms with van der Waals surface area (Å²) in [5.41, 5.74) is 0.607. The maximum atomic E-state index is 12.5. The molecule has 1 saturated heterocycles. The van der Waals surface area contributed by atoms with Crippen LogP contribution in [-0.2, 0) is 0 Å². The number of likely N-dealkylation sites (tertiary alicyclic amines) is 1. The van der Waals surface area contributed by atoms with Crippen LogP contribution in [0.4, 0.5) is 0 Å². The SMILES string of the molecule is C[C@@H](NC(=O)c1cccc(Cl)c1)[C@@H](c1cccs1)N1CCCC1. The summed E-state index contributed by atoms with van der Waals surface area (Å²) in [6.45, 7) is 4.28. The molecule has 0 saturated carbocycles. The van der Waals surface area contributed by atoms with Crippen molar-refractivity contribution >= 4 is 28.8 Å². The highest BCUT2D eigenvalue weighted by Crippen LogP contribution is 2.31. The third-order valence-corrected chi connectivity index (χ3v) is 5.47. The average molecular weight is 349 g/mol. The molecule has 1 amide bonds. The lowest BCUT2D eigenvalue weighted by atomic mass is 10.1. The van der Waals surface area contributed by atoms with Crippen LogP contribution in [0.3, 0.4) is 0 Å². The summed E-state index contributed by atoms with van der Waals surface area (Å²) in [6, 6.07) is 11.6. The van der Waals surface area contributed by atoms with E-state index in [0.29, 0.717) is 10.6 Å². The van der Waals surface area contributed by atoms with Crippen LogP contribution in [0.2, 0.25) is 5.02 Å². The molecule has 2 aromatic rings. The Morgan fingerprint density at radius 1 is 1.26 bits per heavy atom. The first-order valence-corrected chi connectivity index (χ1v) is 9.25. The number of rotatable bonds is 5. The Morgan fingerprint density at radius 3 is 2.70 bits per heavy atom. The van der Waals surface area contributed by atoms with Crippen molar-refractivity contribution in [2.45, 2.75) is 31.8 Å². The fraction of sp³-hybridized carbons (Fsp3) is 0.389. The lowest BCUT2D eigenvalue weighted by molar-refractivity contribution is 0.0908. The van der Waals surface area contributed by atoms with Gasteiger partial charge in [0.05, 0.1) is 6.04 Å². The summed E-state index contributed by atoms with van der Waals surface area (Å²) in [5.74, 6) is -0.0687. The van der Waals surface area contributed by atoms with Crippen LogP contribution in [0.25, 0.3) is 0 Å². The van der Waals surface area contributed by atoms with Gasteiger partial charge in [-0.15, -0.1) is 11.3 Å². The number of hydrogen-bond donors (Lipinski definition) is 1. The molecule has 122 valence electrons. The molecule has 0 unspecified atom stereocenters. The normalized spacial score (nSPS) is 17.8. The highest BCUT2D eigenvalue weighted by Gasteiger charge is 2.30. The van der Waals surface area contributed by atoms with Crippen molar-refractivity contribution in [2.24, 2.45) is 0 Å². The van der Waals surface area contributed by atoms with Crippen molar-refractivity contribution in [3.63, 3.8) is 0 Å². The van der Waals surface area contributed by atoms with E-state index in [-0.39, 0.29) is 18.0 Å². The number of halogens is 1. The van der Waals surface area contributed by atoms with Gasteiger partial charge in [-0.3, -0.25) is 9.69 Å². The Labute approximate surface area is 146 Å². The molecule has 2 atom stereocenters. The summed E-state index contributed by atoms with van der Waals surface area (Å²) in [7, 11) is 0. The van der Waals surface area contributed by atoms with E-state index < -0.39 is 0 Å². The van der Waals surface area contributed by atoms with Gasteiger partial charge in [0.25, 0.3) is 5.91 Å². The van der Waals surface area contributed by atoms with Crippen LogP contribution < -0.4 is 5.32 Å². The molecule has 1 aliphatic heterocycles. The Bertz CT molecular complexity index is 653. The van der Waals surface area contributed by atoms with Gasteiger partial charge >= 0.3 is 0 Å². The molecule has 3 rings (SSSR count). The van der Waals surface area contributed by atoms with Gasteiger partial charge in [0, 0.05) is 21.5 Å². The Hall–Kier alpha value is -1.36. The zero-order chi connectivity index (χ0) is 16.2. The van der Waals surface area contributed by atoms with Crippen molar-refractivity contribution in [1.82, 2.24) is 10.2 Å². The summed E-state index contributed by atoms with van der Waals surface area (Å²) in [5, 5.41) is 5.84. The molecular weight excluding hydrogens is 328 g/mol. The van der Waals surface area contributed by atoms with Crippen molar-refractivity contribution in [3.05, 3.63) is 57.2 Å². The molecule has 0 bridgehead atoms. The first-order valence-electron chi connectivity index (χ1n) is 7.99. The lowest BCUT2D eigenvalue weighted by Crippen LogP contribution is -2.43. The van der Waals surface area contributed by atoms with Crippen molar-refractivity contribution in [1.29, 1.82) is 0 Å². The third-order valence-electron chi connectivity index (χ3n) is 4.29. The predicted molar refractivity (Wildman–Crippen MR) is 96.2 cm³/mol. The van der Waals surface area contributed by atoms with Crippen LogP contribution in [0.15, 0.2) is 41.8 Å². The fourth-order valence-electron chi connectivity index (χ4n) is 3.22. The molecular formula is C18H21ClN2OS. The number of carbonyl (C=O) groups excluding carboxylic acids is 1. The summed E-state index contributed by atoms with van der Waals surface area (Å²) >= 11 is 7.74. The molecule has 1 N–H and O–H groups in total. The number of thiophene rings is 1. The predicted octanol–water partition coefficient (Wildman–Crippen LogP) is 4.36. The Morgan fingerprint density at radius 2 is 2.04 bits per heavy atom. The molecule has 3 nitrogen and oxygen atoms in total. The number of hydrogen-bond acceptors (Lipinski definition) is 3. The van der Waals surface area contributed by atoms with Gasteiger partial charge in [0.15, 0.2) is 0 Å². The quantitative estimate of drug-likeness (QED) is 0.870. The number of nitrogens with one attached hydrogen (secondary N) is 1. The number of carbonyl (C=O) groups is 1. The molecule has 5 heteroatoms. The van der Waals surface area contributed by atoms with E-state index in [1.165, 1.54) is 17.7 Å². The second kappa shape index (κ2) is 7.47. The summed E-state index contributed by atoms with van der Waals surface area (Å²) < 4.78 is 0. The molecule has 0 radical (unpaired) electrons. The maximum Gasteiger partial charge on any atom is 0.251 e. The summed E-state index contributed by atoms with van der Waals surface area (Å²) in [4.78, 5) is 16.3. The standard InChI is InChI=1S/C18H21ClN2OS/c1-13(20-18(22)14-6-4-7-15(19)12-14)17(16-8-5-11-23-16)21-9-2-3-10-21/h4-8,11-13,17H,2-3,9-10H2,1H3,(H,20,22)/t13-,17+/m1/s1. The van der Waals surface area contributed by atoms with E-state index >= 15 is 0 Å². The molecule has 1 aromatic heterocycles. The number of amides is 1. The highest BCUT2D eigenvalue weighted by atomic mass is 35.5. The van der Waals surface area contributed by atoms with Gasteiger partial charge in [0.1, 0.15) is 0 Å².